The van der Waals surface area contributed by atoms with Gasteiger partial charge < -0.3 is 10.6 Å². The number of anilines is 1. The molecule has 128 valence electrons. The zero-order valence-electron chi connectivity index (χ0n) is 13.4. The topological polar surface area (TPSA) is 82.3 Å². The average Bonchev–Trinajstić information content (AvgIpc) is 2.65. The first-order chi connectivity index (χ1) is 12.1. The van der Waals surface area contributed by atoms with Crippen LogP contribution in [-0.2, 0) is 0 Å². The number of carbonyl (C=O) groups is 2. The van der Waals surface area contributed by atoms with E-state index in [-0.39, 0.29) is 11.8 Å². The van der Waals surface area contributed by atoms with Gasteiger partial charge in [-0.05, 0) is 48.6 Å². The van der Waals surface area contributed by atoms with E-state index in [0.29, 0.717) is 28.5 Å². The minimum absolute atomic E-state index is 0.210. The van der Waals surface area contributed by atoms with Crippen molar-refractivity contribution < 1.29 is 9.59 Å². The van der Waals surface area contributed by atoms with Crippen molar-refractivity contribution in [3.05, 3.63) is 78.4 Å². The van der Waals surface area contributed by atoms with Gasteiger partial charge >= 0.3 is 0 Å². The summed E-state index contributed by atoms with van der Waals surface area (Å²) in [6, 6.07) is 15.4. The number of thiocarbonyl (C=S) groups is 1. The number of benzene rings is 2. The Morgan fingerprint density at radius 1 is 0.920 bits per heavy atom. The largest absolute Gasteiger partial charge is 0.358 e. The SMILES string of the molecule is C=CCNC(=S)NNC(=O)c1ccc(NC(=O)c2ccccc2)cc1. The molecule has 0 fully saturated rings. The molecule has 6 nitrogen and oxygen atoms in total. The molecule has 0 aromatic heterocycles. The Bertz CT molecular complexity index is 760. The molecule has 25 heavy (non-hydrogen) atoms. The lowest BCUT2D eigenvalue weighted by Crippen LogP contribution is -2.46. The van der Waals surface area contributed by atoms with E-state index in [4.69, 9.17) is 12.2 Å². The zero-order chi connectivity index (χ0) is 18.1. The van der Waals surface area contributed by atoms with Gasteiger partial charge in [-0.15, -0.1) is 6.58 Å². The first kappa shape index (κ1) is 18.2. The van der Waals surface area contributed by atoms with Gasteiger partial charge in [0, 0.05) is 23.4 Å². The molecular formula is C18H18N4O2S. The fourth-order valence-corrected chi connectivity index (χ4v) is 2.03. The fraction of sp³-hybridized carbons (Fsp3) is 0.0556. The van der Waals surface area contributed by atoms with Crippen LogP contribution in [0.4, 0.5) is 5.69 Å². The van der Waals surface area contributed by atoms with Crippen LogP contribution < -0.4 is 21.5 Å². The lowest BCUT2D eigenvalue weighted by atomic mass is 10.2. The molecule has 0 aliphatic rings. The smallest absolute Gasteiger partial charge is 0.269 e. The van der Waals surface area contributed by atoms with Crippen LogP contribution in [-0.4, -0.2) is 23.5 Å². The predicted molar refractivity (Wildman–Crippen MR) is 102 cm³/mol. The molecule has 0 unspecified atom stereocenters. The lowest BCUT2D eigenvalue weighted by Gasteiger charge is -2.11. The number of hydrazine groups is 1. The summed E-state index contributed by atoms with van der Waals surface area (Å²) < 4.78 is 0. The summed E-state index contributed by atoms with van der Waals surface area (Å²) >= 11 is 4.97. The van der Waals surface area contributed by atoms with Crippen molar-refractivity contribution in [3.63, 3.8) is 0 Å². The number of rotatable bonds is 5. The first-order valence-corrected chi connectivity index (χ1v) is 7.92. The van der Waals surface area contributed by atoms with E-state index >= 15 is 0 Å². The van der Waals surface area contributed by atoms with E-state index in [1.165, 1.54) is 0 Å². The minimum atomic E-state index is -0.344. The maximum Gasteiger partial charge on any atom is 0.269 e. The number of amides is 2. The van der Waals surface area contributed by atoms with Gasteiger partial charge in [-0.2, -0.15) is 0 Å². The van der Waals surface area contributed by atoms with E-state index < -0.39 is 0 Å². The Kier molecular flexibility index (Phi) is 6.67. The van der Waals surface area contributed by atoms with Crippen LogP contribution in [0.2, 0.25) is 0 Å². The third-order valence-electron chi connectivity index (χ3n) is 3.14. The maximum atomic E-state index is 12.1. The Balaban J connectivity index is 1.88. The van der Waals surface area contributed by atoms with Crippen molar-refractivity contribution >= 4 is 34.8 Å². The summed E-state index contributed by atoms with van der Waals surface area (Å²) in [4.78, 5) is 24.1. The summed E-state index contributed by atoms with van der Waals surface area (Å²) in [5, 5.41) is 5.89. The second-order valence-electron chi connectivity index (χ2n) is 4.98. The Morgan fingerprint density at radius 3 is 2.20 bits per heavy atom. The van der Waals surface area contributed by atoms with Gasteiger partial charge in [0.05, 0.1) is 0 Å². The molecule has 0 aliphatic heterocycles. The van der Waals surface area contributed by atoms with Crippen molar-refractivity contribution in [2.45, 2.75) is 0 Å². The van der Waals surface area contributed by atoms with Crippen LogP contribution in [0.25, 0.3) is 0 Å². The molecule has 0 spiro atoms. The Hall–Kier alpha value is -3.19. The van der Waals surface area contributed by atoms with E-state index in [2.05, 4.69) is 28.1 Å². The average molecular weight is 354 g/mol. The molecule has 0 bridgehead atoms. The van der Waals surface area contributed by atoms with Gasteiger partial charge in [-0.25, -0.2) is 0 Å². The normalized spacial score (nSPS) is 9.60. The quantitative estimate of drug-likeness (QED) is 0.376. The first-order valence-electron chi connectivity index (χ1n) is 7.51. The van der Waals surface area contributed by atoms with Gasteiger partial charge in [0.25, 0.3) is 11.8 Å². The fourth-order valence-electron chi connectivity index (χ4n) is 1.89. The Labute approximate surface area is 151 Å². The number of hydrogen-bond donors (Lipinski definition) is 4. The molecule has 0 atom stereocenters. The highest BCUT2D eigenvalue weighted by Crippen LogP contribution is 2.11. The molecule has 0 heterocycles. The highest BCUT2D eigenvalue weighted by atomic mass is 32.1. The molecule has 0 radical (unpaired) electrons. The predicted octanol–water partition coefficient (Wildman–Crippen LogP) is 2.23. The zero-order valence-corrected chi connectivity index (χ0v) is 14.2. The van der Waals surface area contributed by atoms with E-state index in [0.717, 1.165) is 0 Å². The van der Waals surface area contributed by atoms with Crippen LogP contribution in [0.3, 0.4) is 0 Å². The van der Waals surface area contributed by atoms with Crippen LogP contribution in [0, 0.1) is 0 Å². The van der Waals surface area contributed by atoms with E-state index in [9.17, 15) is 9.59 Å². The molecule has 2 aromatic rings. The summed E-state index contributed by atoms with van der Waals surface area (Å²) in [7, 11) is 0. The third kappa shape index (κ3) is 5.74. The number of nitrogens with one attached hydrogen (secondary N) is 4. The van der Waals surface area contributed by atoms with Crippen molar-refractivity contribution in [2.75, 3.05) is 11.9 Å². The minimum Gasteiger partial charge on any atom is -0.358 e. The molecule has 0 aliphatic carbocycles. The summed E-state index contributed by atoms with van der Waals surface area (Å²) in [6.07, 6.45) is 1.65. The highest BCUT2D eigenvalue weighted by Gasteiger charge is 2.08. The van der Waals surface area contributed by atoms with Crippen LogP contribution in [0.5, 0.6) is 0 Å². The van der Waals surface area contributed by atoms with Gasteiger partial charge in [0.2, 0.25) is 0 Å². The van der Waals surface area contributed by atoms with Crippen molar-refractivity contribution in [3.8, 4) is 0 Å². The molecule has 0 saturated carbocycles. The summed E-state index contributed by atoms with van der Waals surface area (Å²) in [5.74, 6) is -0.554. The summed E-state index contributed by atoms with van der Waals surface area (Å²) in [5.41, 5.74) is 6.66. The van der Waals surface area contributed by atoms with Gasteiger partial charge in [0.15, 0.2) is 5.11 Å². The van der Waals surface area contributed by atoms with Gasteiger partial charge in [0.1, 0.15) is 0 Å². The van der Waals surface area contributed by atoms with Crippen molar-refractivity contribution in [2.24, 2.45) is 0 Å². The highest BCUT2D eigenvalue weighted by molar-refractivity contribution is 7.80. The third-order valence-corrected chi connectivity index (χ3v) is 3.38. The summed E-state index contributed by atoms with van der Waals surface area (Å²) in [6.45, 7) is 4.05. The molecule has 7 heteroatoms. The standard InChI is InChI=1S/C18H18N4O2S/c1-2-12-19-18(25)22-21-17(24)14-8-10-15(11-9-14)20-16(23)13-6-4-3-5-7-13/h2-11H,1,12H2,(H,20,23)(H,21,24)(H2,19,22,25). The second kappa shape index (κ2) is 9.19. The van der Waals surface area contributed by atoms with Crippen LogP contribution >= 0.6 is 12.2 Å². The molecule has 4 N–H and O–H groups in total. The molecular weight excluding hydrogens is 336 g/mol. The van der Waals surface area contributed by atoms with E-state index in [1.54, 1.807) is 54.6 Å². The monoisotopic (exact) mass is 354 g/mol. The lowest BCUT2D eigenvalue weighted by molar-refractivity contribution is 0.0943. The molecule has 2 aromatic carbocycles. The molecule has 2 rings (SSSR count). The van der Waals surface area contributed by atoms with Gasteiger partial charge in [-0.3, -0.25) is 20.4 Å². The van der Waals surface area contributed by atoms with Gasteiger partial charge in [-0.1, -0.05) is 24.3 Å². The van der Waals surface area contributed by atoms with Crippen molar-refractivity contribution in [1.82, 2.24) is 16.2 Å². The molecule has 0 saturated heterocycles. The number of carbonyl (C=O) groups excluding carboxylic acids is 2. The second-order valence-corrected chi connectivity index (χ2v) is 5.38. The number of hydrogen-bond acceptors (Lipinski definition) is 3. The Morgan fingerprint density at radius 2 is 1.56 bits per heavy atom. The van der Waals surface area contributed by atoms with E-state index in [1.807, 2.05) is 6.07 Å². The van der Waals surface area contributed by atoms with Crippen molar-refractivity contribution in [1.29, 1.82) is 0 Å². The van der Waals surface area contributed by atoms with Crippen LogP contribution in [0.15, 0.2) is 67.3 Å². The van der Waals surface area contributed by atoms with Crippen LogP contribution in [0.1, 0.15) is 20.7 Å². The molecule has 2 amide bonds. The maximum absolute atomic E-state index is 12.1.